The first-order valence-corrected chi connectivity index (χ1v) is 10.5. The zero-order valence-electron chi connectivity index (χ0n) is 16.5. The molecule has 0 aliphatic rings. The molecule has 2 N–H and O–H groups in total. The molecule has 0 saturated heterocycles. The van der Waals surface area contributed by atoms with Gasteiger partial charge in [-0.05, 0) is 67.4 Å². The smallest absolute Gasteiger partial charge is 0.261 e. The van der Waals surface area contributed by atoms with E-state index in [-0.39, 0.29) is 4.90 Å². The molecule has 0 bridgehead atoms. The molecule has 0 spiro atoms. The highest BCUT2D eigenvalue weighted by molar-refractivity contribution is 7.92. The lowest BCUT2D eigenvalue weighted by atomic mass is 10.1. The van der Waals surface area contributed by atoms with Gasteiger partial charge in [0.05, 0.1) is 23.4 Å². The molecule has 0 aromatic heterocycles. The Morgan fingerprint density at radius 3 is 2.21 bits per heavy atom. The standard InChI is InChI=1S/C22H23N3O3S/c1-16-6-4-5-7-22(16)24-23-17(2)18-8-14-21(15-9-18)29(26,27)25-19-10-12-20(28-3)13-11-19/h4-15,24-25H,1-3H3/b23-17-. The minimum absolute atomic E-state index is 0.178. The number of hydrogen-bond donors (Lipinski definition) is 2. The summed E-state index contributed by atoms with van der Waals surface area (Å²) in [4.78, 5) is 0.178. The third kappa shape index (κ3) is 5.14. The molecule has 29 heavy (non-hydrogen) atoms. The van der Waals surface area contributed by atoms with Crippen LogP contribution in [0.25, 0.3) is 0 Å². The normalized spacial score (nSPS) is 11.8. The third-order valence-corrected chi connectivity index (χ3v) is 5.81. The molecule has 6 nitrogen and oxygen atoms in total. The molecule has 0 aliphatic heterocycles. The van der Waals surface area contributed by atoms with Gasteiger partial charge in [0.15, 0.2) is 0 Å². The Hall–Kier alpha value is -3.32. The van der Waals surface area contributed by atoms with Crippen LogP contribution in [0.15, 0.2) is 82.8 Å². The van der Waals surface area contributed by atoms with Gasteiger partial charge in [0.2, 0.25) is 0 Å². The highest BCUT2D eigenvalue weighted by Crippen LogP contribution is 2.20. The van der Waals surface area contributed by atoms with Crippen molar-refractivity contribution in [3.63, 3.8) is 0 Å². The van der Waals surface area contributed by atoms with Gasteiger partial charge in [-0.1, -0.05) is 30.3 Å². The molecule has 0 radical (unpaired) electrons. The maximum Gasteiger partial charge on any atom is 0.261 e. The van der Waals surface area contributed by atoms with Crippen LogP contribution in [0.3, 0.4) is 0 Å². The lowest BCUT2D eigenvalue weighted by Crippen LogP contribution is -2.13. The van der Waals surface area contributed by atoms with E-state index in [0.717, 1.165) is 22.5 Å². The zero-order valence-corrected chi connectivity index (χ0v) is 17.3. The van der Waals surface area contributed by atoms with Gasteiger partial charge in [0.25, 0.3) is 10.0 Å². The monoisotopic (exact) mass is 409 g/mol. The van der Waals surface area contributed by atoms with Gasteiger partial charge in [-0.3, -0.25) is 10.1 Å². The van der Waals surface area contributed by atoms with Crippen molar-refractivity contribution in [2.75, 3.05) is 17.3 Å². The molecule has 0 heterocycles. The van der Waals surface area contributed by atoms with E-state index >= 15 is 0 Å². The first kappa shape index (κ1) is 20.4. The van der Waals surface area contributed by atoms with Crippen LogP contribution >= 0.6 is 0 Å². The molecule has 3 rings (SSSR count). The number of nitrogens with zero attached hydrogens (tertiary/aromatic N) is 1. The molecule has 0 fully saturated rings. The Bertz CT molecular complexity index is 1110. The Balaban J connectivity index is 1.72. The highest BCUT2D eigenvalue weighted by Gasteiger charge is 2.14. The van der Waals surface area contributed by atoms with E-state index in [0.29, 0.717) is 11.4 Å². The Morgan fingerprint density at radius 2 is 1.59 bits per heavy atom. The molecule has 0 aliphatic carbocycles. The SMILES string of the molecule is COc1ccc(NS(=O)(=O)c2ccc(/C(C)=N\Nc3ccccc3C)cc2)cc1. The van der Waals surface area contributed by atoms with Crippen molar-refractivity contribution < 1.29 is 13.2 Å². The quantitative estimate of drug-likeness (QED) is 0.440. The number of sulfonamides is 1. The molecule has 3 aromatic carbocycles. The lowest BCUT2D eigenvalue weighted by molar-refractivity contribution is 0.415. The first-order chi connectivity index (χ1) is 13.9. The van der Waals surface area contributed by atoms with E-state index in [4.69, 9.17) is 4.74 Å². The second-order valence-corrected chi connectivity index (χ2v) is 8.16. The number of nitrogens with one attached hydrogen (secondary N) is 2. The minimum atomic E-state index is -3.68. The minimum Gasteiger partial charge on any atom is -0.497 e. The summed E-state index contributed by atoms with van der Waals surface area (Å²) in [6, 6.07) is 21.2. The zero-order chi connectivity index (χ0) is 20.9. The van der Waals surface area contributed by atoms with E-state index in [1.807, 2.05) is 38.1 Å². The summed E-state index contributed by atoms with van der Waals surface area (Å²) in [5, 5.41) is 4.39. The number of methoxy groups -OCH3 is 1. The summed E-state index contributed by atoms with van der Waals surface area (Å²) in [6.07, 6.45) is 0. The van der Waals surface area contributed by atoms with E-state index in [1.165, 1.54) is 0 Å². The number of benzene rings is 3. The van der Waals surface area contributed by atoms with E-state index in [1.54, 1.807) is 55.6 Å². The van der Waals surface area contributed by atoms with Crippen molar-refractivity contribution in [3.05, 3.63) is 83.9 Å². The molecule has 7 heteroatoms. The number of rotatable bonds is 7. The number of para-hydroxylation sites is 1. The second kappa shape index (κ2) is 8.79. The van der Waals surface area contributed by atoms with Crippen LogP contribution in [-0.2, 0) is 10.0 Å². The molecule has 0 atom stereocenters. The van der Waals surface area contributed by atoms with Gasteiger partial charge in [-0.25, -0.2) is 8.42 Å². The highest BCUT2D eigenvalue weighted by atomic mass is 32.2. The Labute approximate surface area is 171 Å². The van der Waals surface area contributed by atoms with Gasteiger partial charge in [0, 0.05) is 5.69 Å². The molecular weight excluding hydrogens is 386 g/mol. The number of aryl methyl sites for hydroxylation is 1. The van der Waals surface area contributed by atoms with Gasteiger partial charge in [-0.15, -0.1) is 0 Å². The van der Waals surface area contributed by atoms with Gasteiger partial charge < -0.3 is 4.74 Å². The maximum absolute atomic E-state index is 12.6. The van der Waals surface area contributed by atoms with Crippen molar-refractivity contribution >= 4 is 27.1 Å². The van der Waals surface area contributed by atoms with Crippen molar-refractivity contribution in [2.45, 2.75) is 18.7 Å². The lowest BCUT2D eigenvalue weighted by Gasteiger charge is -2.10. The number of hydrogen-bond acceptors (Lipinski definition) is 5. The van der Waals surface area contributed by atoms with Crippen molar-refractivity contribution in [2.24, 2.45) is 5.10 Å². The van der Waals surface area contributed by atoms with Gasteiger partial charge in [0.1, 0.15) is 5.75 Å². The molecular formula is C22H23N3O3S. The van der Waals surface area contributed by atoms with E-state index in [2.05, 4.69) is 15.2 Å². The fourth-order valence-electron chi connectivity index (χ4n) is 2.66. The predicted octanol–water partition coefficient (Wildman–Crippen LogP) is 4.64. The summed E-state index contributed by atoms with van der Waals surface area (Å²) in [5.74, 6) is 0.659. The first-order valence-electron chi connectivity index (χ1n) is 9.02. The number of ether oxygens (including phenoxy) is 1. The Morgan fingerprint density at radius 1 is 0.931 bits per heavy atom. The predicted molar refractivity (Wildman–Crippen MR) is 117 cm³/mol. The summed E-state index contributed by atoms with van der Waals surface area (Å²) in [7, 11) is -2.12. The molecule has 3 aromatic rings. The van der Waals surface area contributed by atoms with Crippen LogP contribution in [0, 0.1) is 6.92 Å². The molecule has 0 amide bonds. The van der Waals surface area contributed by atoms with E-state index < -0.39 is 10.0 Å². The topological polar surface area (TPSA) is 79.8 Å². The largest absolute Gasteiger partial charge is 0.497 e. The van der Waals surface area contributed by atoms with Crippen LogP contribution < -0.4 is 14.9 Å². The van der Waals surface area contributed by atoms with Crippen LogP contribution in [-0.4, -0.2) is 21.2 Å². The number of hydrazone groups is 1. The molecule has 0 saturated carbocycles. The summed E-state index contributed by atoms with van der Waals surface area (Å²) < 4.78 is 32.8. The van der Waals surface area contributed by atoms with Crippen LogP contribution in [0.4, 0.5) is 11.4 Å². The average Bonchev–Trinajstić information content (AvgIpc) is 2.73. The van der Waals surface area contributed by atoms with Crippen molar-refractivity contribution in [3.8, 4) is 5.75 Å². The van der Waals surface area contributed by atoms with Crippen molar-refractivity contribution in [1.82, 2.24) is 0 Å². The van der Waals surface area contributed by atoms with Crippen LogP contribution in [0.1, 0.15) is 18.1 Å². The molecule has 0 unspecified atom stereocenters. The average molecular weight is 410 g/mol. The fourth-order valence-corrected chi connectivity index (χ4v) is 3.71. The van der Waals surface area contributed by atoms with Crippen LogP contribution in [0.5, 0.6) is 5.75 Å². The summed E-state index contributed by atoms with van der Waals surface area (Å²) in [6.45, 7) is 3.87. The van der Waals surface area contributed by atoms with Crippen molar-refractivity contribution in [1.29, 1.82) is 0 Å². The summed E-state index contributed by atoms with van der Waals surface area (Å²) in [5.41, 5.74) is 7.11. The molecule has 150 valence electrons. The summed E-state index contributed by atoms with van der Waals surface area (Å²) >= 11 is 0. The Kier molecular flexibility index (Phi) is 6.19. The van der Waals surface area contributed by atoms with Gasteiger partial charge >= 0.3 is 0 Å². The number of anilines is 2. The van der Waals surface area contributed by atoms with Crippen LogP contribution in [0.2, 0.25) is 0 Å². The van der Waals surface area contributed by atoms with E-state index in [9.17, 15) is 8.42 Å². The third-order valence-electron chi connectivity index (χ3n) is 4.41. The second-order valence-electron chi connectivity index (χ2n) is 6.48. The maximum atomic E-state index is 12.6. The fraction of sp³-hybridized carbons (Fsp3) is 0.136. The van der Waals surface area contributed by atoms with Gasteiger partial charge in [-0.2, -0.15) is 5.10 Å².